The highest BCUT2D eigenvalue weighted by molar-refractivity contribution is 5.13. The highest BCUT2D eigenvalue weighted by Crippen LogP contribution is 2.27. The number of aromatic amines is 1. The second-order valence-electron chi connectivity index (χ2n) is 4.97. The average Bonchev–Trinajstić information content (AvgIpc) is 3.13. The van der Waals surface area contributed by atoms with Crippen LogP contribution < -0.4 is 11.2 Å². The zero-order valence-electron chi connectivity index (χ0n) is 11.6. The fourth-order valence-electron chi connectivity index (χ4n) is 2.38. The van der Waals surface area contributed by atoms with Gasteiger partial charge in [-0.05, 0) is 12.1 Å². The van der Waals surface area contributed by atoms with E-state index in [2.05, 4.69) is 20.6 Å². The molecular weight excluding hydrogens is 296 g/mol. The summed E-state index contributed by atoms with van der Waals surface area (Å²) >= 11 is 0. The largest absolute Gasteiger partial charge is 0.394 e. The Morgan fingerprint density at radius 1 is 1.50 bits per heavy atom. The summed E-state index contributed by atoms with van der Waals surface area (Å²) in [5, 5.41) is 31.7. The van der Waals surface area contributed by atoms with Gasteiger partial charge >= 0.3 is 5.69 Å². The van der Waals surface area contributed by atoms with E-state index in [1.165, 1.54) is 17.7 Å². The van der Waals surface area contributed by atoms with Gasteiger partial charge in [0.2, 0.25) is 0 Å². The molecule has 0 unspecified atom stereocenters. The number of nitrogens with one attached hydrogen (secondary N) is 1. The molecule has 3 atom stereocenters. The molecule has 0 bridgehead atoms. The van der Waals surface area contributed by atoms with Crippen LogP contribution in [-0.2, 0) is 4.74 Å². The van der Waals surface area contributed by atoms with Crippen molar-refractivity contribution in [1.29, 1.82) is 0 Å². The molecule has 2 aromatic rings. The number of nitrogens with zero attached hydrogens (tertiary/aromatic N) is 5. The molecule has 1 saturated heterocycles. The summed E-state index contributed by atoms with van der Waals surface area (Å²) in [5.74, 6) is -0.176. The second kappa shape index (κ2) is 5.44. The van der Waals surface area contributed by atoms with Gasteiger partial charge in [0.25, 0.3) is 11.5 Å². The zero-order chi connectivity index (χ0) is 15.9. The van der Waals surface area contributed by atoms with Crippen molar-refractivity contribution < 1.29 is 14.9 Å². The molecule has 11 nitrogen and oxygen atoms in total. The predicted octanol–water partition coefficient (Wildman–Crippen LogP) is -2.54. The Morgan fingerprint density at radius 2 is 2.27 bits per heavy atom. The Balaban J connectivity index is 2.11. The number of H-pyrrole nitrogens is 1. The van der Waals surface area contributed by atoms with E-state index in [9.17, 15) is 14.7 Å². The molecule has 0 saturated carbocycles. The third-order valence-corrected chi connectivity index (χ3v) is 3.51. The molecule has 3 N–H and O–H groups in total. The number of aliphatic hydroxyl groups is 2. The Hall–Kier alpha value is -2.37. The molecular formula is C11H14N6O5. The van der Waals surface area contributed by atoms with E-state index in [1.807, 2.05) is 0 Å². The van der Waals surface area contributed by atoms with E-state index < -0.39 is 29.7 Å². The van der Waals surface area contributed by atoms with E-state index in [4.69, 9.17) is 9.84 Å². The summed E-state index contributed by atoms with van der Waals surface area (Å²) < 4.78 is 7.38. The van der Waals surface area contributed by atoms with Crippen LogP contribution >= 0.6 is 0 Å². The topological polar surface area (TPSA) is 148 Å². The molecule has 1 aliphatic rings. The second-order valence-corrected chi connectivity index (χ2v) is 4.97. The predicted molar refractivity (Wildman–Crippen MR) is 70.4 cm³/mol. The van der Waals surface area contributed by atoms with Crippen molar-refractivity contribution in [3.05, 3.63) is 32.6 Å². The number of hydrogen-bond acceptors (Lipinski definition) is 8. The lowest BCUT2D eigenvalue weighted by Gasteiger charge is -2.16. The van der Waals surface area contributed by atoms with Gasteiger partial charge in [-0.2, -0.15) is 9.78 Å². The Kier molecular flexibility index (Phi) is 3.60. The SMILES string of the molecule is Cc1cn([C@H]2C[C@H](O)[C@@H](CO)O2)c(=O)n(-c2nn[nH]n2)c1=O. The fraction of sp³-hybridized carbons (Fsp3) is 0.545. The van der Waals surface area contributed by atoms with E-state index in [0.717, 1.165) is 4.57 Å². The van der Waals surface area contributed by atoms with E-state index in [-0.39, 0.29) is 24.5 Å². The summed E-state index contributed by atoms with van der Waals surface area (Å²) in [5.41, 5.74) is -1.01. The van der Waals surface area contributed by atoms with Crippen molar-refractivity contribution in [2.75, 3.05) is 6.61 Å². The molecule has 11 heteroatoms. The highest BCUT2D eigenvalue weighted by Gasteiger charge is 2.35. The van der Waals surface area contributed by atoms with Gasteiger partial charge in [0.05, 0.1) is 12.7 Å². The number of aromatic nitrogens is 6. The minimum atomic E-state index is -0.896. The minimum absolute atomic E-state index is 0.120. The van der Waals surface area contributed by atoms with Crippen LogP contribution in [0.4, 0.5) is 0 Å². The van der Waals surface area contributed by atoms with Gasteiger partial charge in [0, 0.05) is 18.2 Å². The molecule has 0 aliphatic carbocycles. The van der Waals surface area contributed by atoms with Gasteiger partial charge in [-0.3, -0.25) is 9.36 Å². The number of hydrogen-bond donors (Lipinski definition) is 3. The van der Waals surface area contributed by atoms with Crippen molar-refractivity contribution >= 4 is 0 Å². The first-order chi connectivity index (χ1) is 10.5. The third kappa shape index (κ3) is 2.24. The van der Waals surface area contributed by atoms with Crippen LogP contribution in [-0.4, -0.2) is 58.8 Å². The Labute approximate surface area is 122 Å². The standard InChI is InChI=1S/C11H14N6O5/c1-5-3-16(8-2-6(19)7(4-18)22-8)11(21)17(9(5)20)10-12-14-15-13-10/h3,6-8,18-19H,2,4H2,1H3,(H,12,13,14,15)/t6-,7+,8+/m0/s1. The van der Waals surface area contributed by atoms with Gasteiger partial charge in [-0.25, -0.2) is 4.79 Å². The normalized spacial score (nSPS) is 24.8. The van der Waals surface area contributed by atoms with E-state index >= 15 is 0 Å². The quantitative estimate of drug-likeness (QED) is 0.561. The maximum absolute atomic E-state index is 12.5. The van der Waals surface area contributed by atoms with Crippen LogP contribution in [0.5, 0.6) is 0 Å². The molecule has 0 spiro atoms. The van der Waals surface area contributed by atoms with E-state index in [0.29, 0.717) is 0 Å². The van der Waals surface area contributed by atoms with Gasteiger partial charge in [-0.15, -0.1) is 5.10 Å². The van der Waals surface area contributed by atoms with Gasteiger partial charge < -0.3 is 14.9 Å². The van der Waals surface area contributed by atoms with Crippen LogP contribution in [0.3, 0.4) is 0 Å². The smallest absolute Gasteiger partial charge is 0.340 e. The number of aryl methyl sites for hydroxylation is 1. The lowest BCUT2D eigenvalue weighted by Crippen LogP contribution is -2.41. The molecule has 3 rings (SSSR count). The molecule has 118 valence electrons. The monoisotopic (exact) mass is 310 g/mol. The zero-order valence-corrected chi connectivity index (χ0v) is 11.6. The lowest BCUT2D eigenvalue weighted by molar-refractivity contribution is -0.0462. The molecule has 1 fully saturated rings. The van der Waals surface area contributed by atoms with Crippen molar-refractivity contribution in [2.45, 2.75) is 31.8 Å². The maximum atomic E-state index is 12.5. The van der Waals surface area contributed by atoms with Crippen molar-refractivity contribution in [2.24, 2.45) is 0 Å². The van der Waals surface area contributed by atoms with Crippen molar-refractivity contribution in [3.8, 4) is 5.95 Å². The van der Waals surface area contributed by atoms with Crippen LogP contribution in [0.15, 0.2) is 15.8 Å². The first-order valence-corrected chi connectivity index (χ1v) is 6.56. The van der Waals surface area contributed by atoms with Gasteiger partial charge in [0.1, 0.15) is 12.3 Å². The summed E-state index contributed by atoms with van der Waals surface area (Å²) in [6.45, 7) is 1.17. The summed E-state index contributed by atoms with van der Waals surface area (Å²) in [4.78, 5) is 24.6. The number of tetrazole rings is 1. The molecule has 22 heavy (non-hydrogen) atoms. The van der Waals surface area contributed by atoms with E-state index in [1.54, 1.807) is 0 Å². The van der Waals surface area contributed by atoms with Crippen LogP contribution in [0.1, 0.15) is 18.2 Å². The molecule has 0 amide bonds. The first kappa shape index (κ1) is 14.6. The molecule has 1 aliphatic heterocycles. The summed E-state index contributed by atoms with van der Waals surface area (Å²) in [7, 11) is 0. The highest BCUT2D eigenvalue weighted by atomic mass is 16.5. The van der Waals surface area contributed by atoms with Gasteiger partial charge in [-0.1, -0.05) is 5.10 Å². The Bertz CT molecular complexity index is 781. The van der Waals surface area contributed by atoms with Crippen molar-refractivity contribution in [3.63, 3.8) is 0 Å². The third-order valence-electron chi connectivity index (χ3n) is 3.51. The van der Waals surface area contributed by atoms with Gasteiger partial charge in [0.15, 0.2) is 0 Å². The number of aliphatic hydroxyl groups excluding tert-OH is 2. The number of rotatable bonds is 3. The van der Waals surface area contributed by atoms with Crippen molar-refractivity contribution in [1.82, 2.24) is 29.8 Å². The molecule has 0 aromatic carbocycles. The van der Waals surface area contributed by atoms with Crippen LogP contribution in [0, 0.1) is 6.92 Å². The number of ether oxygens (including phenoxy) is 1. The molecule has 3 heterocycles. The molecule has 0 radical (unpaired) electrons. The first-order valence-electron chi connectivity index (χ1n) is 6.56. The lowest BCUT2D eigenvalue weighted by atomic mass is 10.2. The fourth-order valence-corrected chi connectivity index (χ4v) is 2.38. The maximum Gasteiger partial charge on any atom is 0.340 e. The average molecular weight is 310 g/mol. The summed E-state index contributed by atoms with van der Waals surface area (Å²) in [6, 6.07) is 0. The summed E-state index contributed by atoms with van der Waals surface area (Å²) in [6.07, 6.45) is -0.999. The molecule has 2 aromatic heterocycles. The van der Waals surface area contributed by atoms with Crippen LogP contribution in [0.2, 0.25) is 0 Å². The van der Waals surface area contributed by atoms with Crippen LogP contribution in [0.25, 0.3) is 5.95 Å². The minimum Gasteiger partial charge on any atom is -0.394 e. The Morgan fingerprint density at radius 3 is 2.86 bits per heavy atom.